The van der Waals surface area contributed by atoms with E-state index in [2.05, 4.69) is 6.58 Å². The molecular formula is C12H15NO3. The zero-order valence-electron chi connectivity index (χ0n) is 9.05. The van der Waals surface area contributed by atoms with Crippen molar-refractivity contribution >= 4 is 11.5 Å². The van der Waals surface area contributed by atoms with Crippen LogP contribution in [0.4, 0.5) is 0 Å². The van der Waals surface area contributed by atoms with Crippen molar-refractivity contribution < 1.29 is 15.0 Å². The molecule has 86 valence electrons. The van der Waals surface area contributed by atoms with Gasteiger partial charge in [-0.1, -0.05) is 36.4 Å². The second-order valence-electron chi connectivity index (χ2n) is 3.71. The molecule has 0 bridgehead atoms. The van der Waals surface area contributed by atoms with E-state index in [1.54, 1.807) is 24.3 Å². The van der Waals surface area contributed by atoms with Crippen molar-refractivity contribution in [2.75, 3.05) is 0 Å². The Bertz CT molecular complexity index is 397. The predicted molar refractivity (Wildman–Crippen MR) is 61.7 cm³/mol. The fourth-order valence-corrected chi connectivity index (χ4v) is 1.33. The highest BCUT2D eigenvalue weighted by Crippen LogP contribution is 2.18. The van der Waals surface area contributed by atoms with Gasteiger partial charge in [-0.05, 0) is 18.1 Å². The second-order valence-corrected chi connectivity index (χ2v) is 3.71. The third-order valence-electron chi connectivity index (χ3n) is 2.38. The lowest BCUT2D eigenvalue weighted by Gasteiger charge is -2.15. The zero-order valence-corrected chi connectivity index (χ0v) is 9.05. The van der Waals surface area contributed by atoms with E-state index in [9.17, 15) is 9.90 Å². The van der Waals surface area contributed by atoms with Crippen molar-refractivity contribution in [2.45, 2.75) is 19.1 Å². The number of aliphatic carboxylic acids is 1. The minimum Gasteiger partial charge on any atom is -0.479 e. The monoisotopic (exact) mass is 221 g/mol. The summed E-state index contributed by atoms with van der Waals surface area (Å²) in [5.41, 5.74) is 8.07. The largest absolute Gasteiger partial charge is 0.479 e. The molecule has 4 N–H and O–H groups in total. The molecule has 1 aromatic carbocycles. The molecule has 2 atom stereocenters. The predicted octanol–water partition coefficient (Wildman–Crippen LogP) is 1.17. The molecule has 0 heterocycles. The standard InChI is InChI=1S/C12H15NO3/c1-7(2)8-3-5-9(6-4-8)10(13)11(14)12(15)16/h3-6,10-11,14H,1,13H2,2H3,(H,15,16)/t10-,11+/m0/s1. The van der Waals surface area contributed by atoms with Crippen LogP contribution in [0.25, 0.3) is 5.57 Å². The molecule has 0 radical (unpaired) electrons. The molecular weight excluding hydrogens is 206 g/mol. The van der Waals surface area contributed by atoms with Gasteiger partial charge in [-0.3, -0.25) is 0 Å². The number of nitrogens with two attached hydrogens (primary N) is 1. The van der Waals surface area contributed by atoms with Crippen LogP contribution >= 0.6 is 0 Å². The first-order chi connectivity index (χ1) is 7.43. The van der Waals surface area contributed by atoms with Crippen LogP contribution in [0.2, 0.25) is 0 Å². The van der Waals surface area contributed by atoms with E-state index in [4.69, 9.17) is 10.8 Å². The van der Waals surface area contributed by atoms with E-state index in [1.165, 1.54) is 0 Å². The molecule has 0 fully saturated rings. The molecule has 0 aliphatic carbocycles. The number of allylic oxidation sites excluding steroid dienone is 1. The number of carboxylic acids is 1. The minimum atomic E-state index is -1.59. The maximum absolute atomic E-state index is 10.5. The van der Waals surface area contributed by atoms with Crippen LogP contribution in [-0.2, 0) is 4.79 Å². The van der Waals surface area contributed by atoms with Crippen molar-refractivity contribution in [3.8, 4) is 0 Å². The second kappa shape index (κ2) is 4.92. The third-order valence-corrected chi connectivity index (χ3v) is 2.38. The molecule has 4 heteroatoms. The van der Waals surface area contributed by atoms with Gasteiger partial charge in [-0.25, -0.2) is 4.79 Å². The lowest BCUT2D eigenvalue weighted by Crippen LogP contribution is -2.33. The molecule has 1 rings (SSSR count). The Hall–Kier alpha value is -1.65. The number of rotatable bonds is 4. The minimum absolute atomic E-state index is 0.583. The van der Waals surface area contributed by atoms with Crippen LogP contribution in [0.5, 0.6) is 0 Å². The van der Waals surface area contributed by atoms with Gasteiger partial charge in [0.1, 0.15) is 0 Å². The number of hydrogen-bond acceptors (Lipinski definition) is 3. The van der Waals surface area contributed by atoms with Crippen LogP contribution in [0, 0.1) is 0 Å². The van der Waals surface area contributed by atoms with E-state index in [0.717, 1.165) is 11.1 Å². The van der Waals surface area contributed by atoms with Crippen LogP contribution in [-0.4, -0.2) is 22.3 Å². The molecule has 0 aliphatic rings. The van der Waals surface area contributed by atoms with Gasteiger partial charge >= 0.3 is 5.97 Å². The highest BCUT2D eigenvalue weighted by molar-refractivity contribution is 5.73. The summed E-state index contributed by atoms with van der Waals surface area (Å²) >= 11 is 0. The summed E-state index contributed by atoms with van der Waals surface area (Å²) in [6.07, 6.45) is -1.59. The summed E-state index contributed by atoms with van der Waals surface area (Å²) in [4.78, 5) is 10.5. The van der Waals surface area contributed by atoms with E-state index in [1.807, 2.05) is 6.92 Å². The SMILES string of the molecule is C=C(C)c1ccc([C@H](N)[C@@H](O)C(=O)O)cc1. The Kier molecular flexibility index (Phi) is 3.82. The molecule has 0 aliphatic heterocycles. The fourth-order valence-electron chi connectivity index (χ4n) is 1.33. The molecule has 0 unspecified atom stereocenters. The summed E-state index contributed by atoms with van der Waals surface area (Å²) in [6.45, 7) is 5.66. The summed E-state index contributed by atoms with van der Waals surface area (Å²) in [5, 5.41) is 17.9. The Morgan fingerprint density at radius 2 is 1.88 bits per heavy atom. The van der Waals surface area contributed by atoms with Crippen LogP contribution in [0.15, 0.2) is 30.8 Å². The normalized spacial score (nSPS) is 14.2. The Balaban J connectivity index is 2.89. The highest BCUT2D eigenvalue weighted by Gasteiger charge is 2.23. The molecule has 0 saturated carbocycles. The van der Waals surface area contributed by atoms with Crippen molar-refractivity contribution in [3.63, 3.8) is 0 Å². The quantitative estimate of drug-likeness (QED) is 0.712. The summed E-state index contributed by atoms with van der Waals surface area (Å²) in [6, 6.07) is 6.07. The number of aliphatic hydroxyl groups excluding tert-OH is 1. The van der Waals surface area contributed by atoms with Crippen molar-refractivity contribution in [2.24, 2.45) is 5.73 Å². The van der Waals surface area contributed by atoms with Gasteiger partial charge in [0.05, 0.1) is 6.04 Å². The number of carbonyl (C=O) groups is 1. The summed E-state index contributed by atoms with van der Waals surface area (Å²) in [7, 11) is 0. The van der Waals surface area contributed by atoms with Gasteiger partial charge in [0.25, 0.3) is 0 Å². The fraction of sp³-hybridized carbons (Fsp3) is 0.250. The first kappa shape index (κ1) is 12.4. The maximum Gasteiger partial charge on any atom is 0.334 e. The number of carboxylic acid groups (broad SMARTS) is 1. The maximum atomic E-state index is 10.5. The van der Waals surface area contributed by atoms with Crippen molar-refractivity contribution in [3.05, 3.63) is 42.0 Å². The molecule has 1 aromatic rings. The van der Waals surface area contributed by atoms with E-state index < -0.39 is 18.1 Å². The average Bonchev–Trinajstić information content (AvgIpc) is 2.27. The topological polar surface area (TPSA) is 83.5 Å². The van der Waals surface area contributed by atoms with Crippen molar-refractivity contribution in [1.29, 1.82) is 0 Å². The molecule has 0 saturated heterocycles. The van der Waals surface area contributed by atoms with Gasteiger partial charge in [0.2, 0.25) is 0 Å². The summed E-state index contributed by atoms with van der Waals surface area (Å²) in [5.74, 6) is -1.32. The summed E-state index contributed by atoms with van der Waals surface area (Å²) < 4.78 is 0. The third kappa shape index (κ3) is 2.68. The van der Waals surface area contributed by atoms with Gasteiger partial charge in [-0.15, -0.1) is 0 Å². The molecule has 4 nitrogen and oxygen atoms in total. The van der Waals surface area contributed by atoms with E-state index in [-0.39, 0.29) is 0 Å². The van der Waals surface area contributed by atoms with Crippen LogP contribution in [0.1, 0.15) is 24.1 Å². The van der Waals surface area contributed by atoms with Gasteiger partial charge in [0.15, 0.2) is 6.10 Å². The van der Waals surface area contributed by atoms with Gasteiger partial charge < -0.3 is 15.9 Å². The molecule has 0 amide bonds. The number of benzene rings is 1. The lowest BCUT2D eigenvalue weighted by atomic mass is 9.99. The highest BCUT2D eigenvalue weighted by atomic mass is 16.4. The molecule has 0 spiro atoms. The Morgan fingerprint density at radius 3 is 2.25 bits per heavy atom. The Labute approximate surface area is 94.0 Å². The van der Waals surface area contributed by atoms with E-state index in [0.29, 0.717) is 5.56 Å². The smallest absolute Gasteiger partial charge is 0.334 e. The molecule has 16 heavy (non-hydrogen) atoms. The van der Waals surface area contributed by atoms with Gasteiger partial charge in [0, 0.05) is 0 Å². The number of aliphatic hydroxyl groups is 1. The van der Waals surface area contributed by atoms with E-state index >= 15 is 0 Å². The Morgan fingerprint density at radius 1 is 1.38 bits per heavy atom. The molecule has 0 aromatic heterocycles. The first-order valence-corrected chi connectivity index (χ1v) is 4.85. The average molecular weight is 221 g/mol. The van der Waals surface area contributed by atoms with Crippen LogP contribution in [0.3, 0.4) is 0 Å². The zero-order chi connectivity index (χ0) is 12.3. The van der Waals surface area contributed by atoms with Crippen molar-refractivity contribution in [1.82, 2.24) is 0 Å². The number of hydrogen-bond donors (Lipinski definition) is 3. The van der Waals surface area contributed by atoms with Crippen LogP contribution < -0.4 is 5.73 Å². The van der Waals surface area contributed by atoms with Gasteiger partial charge in [-0.2, -0.15) is 0 Å². The lowest BCUT2D eigenvalue weighted by molar-refractivity contribution is -0.147. The first-order valence-electron chi connectivity index (χ1n) is 4.85.